The largest absolute Gasteiger partial charge is 0.446 e. The van der Waals surface area contributed by atoms with Gasteiger partial charge in [-0.2, -0.15) is 0 Å². The molecule has 4 saturated carbocycles. The van der Waals surface area contributed by atoms with Crippen molar-refractivity contribution in [2.24, 2.45) is 50.6 Å². The summed E-state index contributed by atoms with van der Waals surface area (Å²) in [6.07, 6.45) is 9.71. The zero-order valence-corrected chi connectivity index (χ0v) is 27.5. The number of nitrogens with two attached hydrogens (primary N) is 1. The van der Waals surface area contributed by atoms with E-state index in [0.29, 0.717) is 12.8 Å². The van der Waals surface area contributed by atoms with E-state index < -0.39 is 27.7 Å². The van der Waals surface area contributed by atoms with Crippen molar-refractivity contribution in [2.45, 2.75) is 118 Å². The first kappa shape index (κ1) is 31.3. The number of allylic oxidation sites excluding steroid dienone is 2. The first-order chi connectivity index (χ1) is 19.1. The lowest BCUT2D eigenvalue weighted by atomic mass is 9.33. The highest BCUT2D eigenvalue weighted by atomic mass is 32.2. The third-order valence-electron chi connectivity index (χ3n) is 13.5. The summed E-state index contributed by atoms with van der Waals surface area (Å²) in [6.45, 7) is 15.7. The van der Waals surface area contributed by atoms with Gasteiger partial charge in [-0.25, -0.2) is 22.7 Å². The molecule has 0 aromatic heterocycles. The Labute approximate surface area is 251 Å². The maximum atomic E-state index is 14.5. The lowest BCUT2D eigenvalue weighted by molar-refractivity contribution is -0.201. The van der Waals surface area contributed by atoms with Crippen LogP contribution in [0.25, 0.3) is 0 Å². The molecule has 3 amide bonds. The molecule has 9 atom stereocenters. The Morgan fingerprint density at radius 2 is 1.60 bits per heavy atom. The van der Waals surface area contributed by atoms with E-state index in [4.69, 9.17) is 10.5 Å². The first-order valence-corrected chi connectivity index (χ1v) is 17.5. The van der Waals surface area contributed by atoms with Gasteiger partial charge in [0.15, 0.2) is 5.78 Å². The minimum absolute atomic E-state index is 0.0105. The first-order valence-electron chi connectivity index (χ1n) is 15.6. The molecule has 0 spiro atoms. The van der Waals surface area contributed by atoms with E-state index >= 15 is 0 Å². The standard InChI is InChI=1S/C32H51N3O6S/c1-27(2)22-9-12-32(7)24(30(22,5)11-10-23(27)41-25(33)37)21(36)17-19-20-18-29(4,34-26(38)35-42(8,39)40)15-13-28(20,3)14-16-31(19,32)6/h17,20,22-24H,9-16,18H2,1-8H3,(H2,33,37)(H2,34,35,38)/t20-,22-,23-,24+,28+,29-,30-,31+,32+/m0/s1. The molecule has 10 heteroatoms. The number of primary amides is 1. The second kappa shape index (κ2) is 9.45. The van der Waals surface area contributed by atoms with Gasteiger partial charge < -0.3 is 15.8 Å². The van der Waals surface area contributed by atoms with Crippen molar-refractivity contribution in [1.29, 1.82) is 0 Å². The summed E-state index contributed by atoms with van der Waals surface area (Å²) in [7, 11) is -3.68. The second-order valence-electron chi connectivity index (χ2n) is 16.4. The van der Waals surface area contributed by atoms with Crippen molar-refractivity contribution in [3.8, 4) is 0 Å². The Balaban J connectivity index is 1.51. The number of rotatable bonds is 3. The molecule has 236 valence electrons. The fraction of sp³-hybridized carbons (Fsp3) is 0.844. The number of amides is 3. The van der Waals surface area contributed by atoms with Gasteiger partial charge in [0.2, 0.25) is 10.0 Å². The molecule has 5 aliphatic carbocycles. The van der Waals surface area contributed by atoms with Gasteiger partial charge >= 0.3 is 12.1 Å². The van der Waals surface area contributed by atoms with E-state index in [1.54, 1.807) is 0 Å². The highest BCUT2D eigenvalue weighted by Crippen LogP contribution is 2.74. The molecular weight excluding hydrogens is 554 g/mol. The van der Waals surface area contributed by atoms with Crippen LogP contribution in [0.5, 0.6) is 0 Å². The van der Waals surface area contributed by atoms with Crippen LogP contribution in [-0.4, -0.2) is 44.2 Å². The van der Waals surface area contributed by atoms with Gasteiger partial charge in [0.05, 0.1) is 6.26 Å². The number of carbonyl (C=O) groups excluding carboxylic acids is 3. The predicted octanol–water partition coefficient (Wildman–Crippen LogP) is 5.44. The molecule has 0 bridgehead atoms. The number of nitrogens with one attached hydrogen (secondary N) is 2. The van der Waals surface area contributed by atoms with Crippen molar-refractivity contribution in [1.82, 2.24) is 10.0 Å². The second-order valence-corrected chi connectivity index (χ2v) is 18.1. The van der Waals surface area contributed by atoms with Crippen LogP contribution in [0, 0.1) is 44.8 Å². The average molecular weight is 606 g/mol. The lowest BCUT2D eigenvalue weighted by Crippen LogP contribution is -2.67. The zero-order valence-electron chi connectivity index (χ0n) is 26.7. The smallest absolute Gasteiger partial charge is 0.404 e. The van der Waals surface area contributed by atoms with Gasteiger partial charge in [-0.1, -0.05) is 47.1 Å². The molecule has 0 unspecified atom stereocenters. The van der Waals surface area contributed by atoms with Crippen LogP contribution in [0.1, 0.15) is 106 Å². The van der Waals surface area contributed by atoms with Gasteiger partial charge in [0, 0.05) is 16.9 Å². The van der Waals surface area contributed by atoms with Crippen molar-refractivity contribution < 1.29 is 27.5 Å². The molecule has 5 rings (SSSR count). The number of sulfonamides is 1. The lowest BCUT2D eigenvalue weighted by Gasteiger charge is -2.70. The van der Waals surface area contributed by atoms with Crippen LogP contribution >= 0.6 is 0 Å². The Morgan fingerprint density at radius 1 is 0.952 bits per heavy atom. The number of carbonyl (C=O) groups is 3. The average Bonchev–Trinajstić information content (AvgIpc) is 2.82. The summed E-state index contributed by atoms with van der Waals surface area (Å²) in [6, 6.07) is -0.701. The van der Waals surface area contributed by atoms with E-state index in [0.717, 1.165) is 51.2 Å². The number of ether oxygens (including phenoxy) is 1. The molecule has 0 radical (unpaired) electrons. The van der Waals surface area contributed by atoms with Crippen LogP contribution < -0.4 is 15.8 Å². The number of hydrogen-bond acceptors (Lipinski definition) is 6. The van der Waals surface area contributed by atoms with Crippen molar-refractivity contribution in [3.05, 3.63) is 11.6 Å². The maximum Gasteiger partial charge on any atom is 0.404 e. The molecule has 9 nitrogen and oxygen atoms in total. The summed E-state index contributed by atoms with van der Waals surface area (Å²) in [5.74, 6) is 0.399. The summed E-state index contributed by atoms with van der Waals surface area (Å²) >= 11 is 0. The van der Waals surface area contributed by atoms with E-state index in [-0.39, 0.29) is 56.7 Å². The fourth-order valence-corrected chi connectivity index (χ4v) is 11.5. The Morgan fingerprint density at radius 3 is 2.21 bits per heavy atom. The van der Waals surface area contributed by atoms with Gasteiger partial charge in [-0.3, -0.25) is 4.79 Å². The molecule has 0 heterocycles. The highest BCUT2D eigenvalue weighted by Gasteiger charge is 2.70. The summed E-state index contributed by atoms with van der Waals surface area (Å²) in [5.41, 5.74) is 5.14. The van der Waals surface area contributed by atoms with Crippen LogP contribution in [0.15, 0.2) is 11.6 Å². The Kier molecular flexibility index (Phi) is 7.05. The number of ketones is 1. The van der Waals surface area contributed by atoms with Gasteiger partial charge in [0.25, 0.3) is 0 Å². The minimum Gasteiger partial charge on any atom is -0.446 e. The van der Waals surface area contributed by atoms with E-state index in [1.165, 1.54) is 5.57 Å². The molecule has 0 saturated heterocycles. The van der Waals surface area contributed by atoms with Gasteiger partial charge in [-0.15, -0.1) is 0 Å². The van der Waals surface area contributed by atoms with E-state index in [2.05, 4.69) is 51.6 Å². The third-order valence-corrected chi connectivity index (χ3v) is 14.0. The van der Waals surface area contributed by atoms with Crippen LogP contribution in [-0.2, 0) is 19.6 Å². The monoisotopic (exact) mass is 605 g/mol. The van der Waals surface area contributed by atoms with Gasteiger partial charge in [-0.05, 0) is 104 Å². The minimum atomic E-state index is -3.68. The van der Waals surface area contributed by atoms with Crippen molar-refractivity contribution in [2.75, 3.05) is 6.26 Å². The SMILES string of the molecule is CC1(C)[C@@H](OC(N)=O)CC[C@]2(C)[C@H]3C(=O)C=C4[C@@H]5C[C@@](C)(NC(=O)NS(C)(=O)=O)CC[C@]5(C)CC[C@@]4(C)[C@]3(C)CC[C@@H]12. The molecule has 42 heavy (non-hydrogen) atoms. The topological polar surface area (TPSA) is 145 Å². The molecule has 0 aromatic carbocycles. The van der Waals surface area contributed by atoms with Crippen LogP contribution in [0.3, 0.4) is 0 Å². The molecular formula is C32H51N3O6S. The maximum absolute atomic E-state index is 14.5. The van der Waals surface area contributed by atoms with Crippen LogP contribution in [0.4, 0.5) is 9.59 Å². The van der Waals surface area contributed by atoms with Crippen molar-refractivity contribution >= 4 is 27.9 Å². The fourth-order valence-electron chi connectivity index (χ4n) is 11.1. The normalized spacial score (nSPS) is 46.1. The Hall–Kier alpha value is -2.10. The number of urea groups is 1. The van der Waals surface area contributed by atoms with Crippen molar-refractivity contribution in [3.63, 3.8) is 0 Å². The molecule has 0 aromatic rings. The highest BCUT2D eigenvalue weighted by molar-refractivity contribution is 7.89. The summed E-state index contributed by atoms with van der Waals surface area (Å²) in [5, 5.41) is 2.97. The number of fused-ring (bicyclic) bond motifs is 7. The number of hydrogen-bond donors (Lipinski definition) is 3. The van der Waals surface area contributed by atoms with Gasteiger partial charge in [0.1, 0.15) is 6.10 Å². The van der Waals surface area contributed by atoms with E-state index in [9.17, 15) is 22.8 Å². The van der Waals surface area contributed by atoms with Crippen LogP contribution in [0.2, 0.25) is 0 Å². The molecule has 4 fully saturated rings. The summed E-state index contributed by atoms with van der Waals surface area (Å²) < 4.78 is 31.0. The Bertz CT molecular complexity index is 1340. The molecule has 4 N–H and O–H groups in total. The third kappa shape index (κ3) is 4.60. The van der Waals surface area contributed by atoms with E-state index in [1.807, 2.05) is 13.0 Å². The zero-order chi connectivity index (χ0) is 31.3. The molecule has 5 aliphatic rings. The summed E-state index contributed by atoms with van der Waals surface area (Å²) in [4.78, 5) is 38.8. The molecule has 0 aliphatic heterocycles. The quantitative estimate of drug-likeness (QED) is 0.391. The predicted molar refractivity (Wildman–Crippen MR) is 161 cm³/mol.